The molecule has 0 bridgehead atoms. The molecule has 2 aliphatic rings. The molecule has 0 aromatic heterocycles. The Kier molecular flexibility index (Phi) is 4.66. The van der Waals surface area contributed by atoms with Crippen LogP contribution in [-0.4, -0.2) is 28.6 Å². The van der Waals surface area contributed by atoms with E-state index in [4.69, 9.17) is 9.94 Å². The Morgan fingerprint density at radius 3 is 2.53 bits per heavy atom. The Labute approximate surface area is 114 Å². The van der Waals surface area contributed by atoms with Crippen molar-refractivity contribution in [1.82, 2.24) is 5.32 Å². The van der Waals surface area contributed by atoms with Gasteiger partial charge >= 0.3 is 6.09 Å². The Hall–Kier alpha value is -1.26. The number of nitrogens with one attached hydrogen (secondary N) is 1. The largest absolute Gasteiger partial charge is 0.465 e. The van der Waals surface area contributed by atoms with E-state index in [9.17, 15) is 4.79 Å². The molecule has 0 radical (unpaired) electrons. The molecule has 2 saturated carbocycles. The van der Waals surface area contributed by atoms with Gasteiger partial charge in [0.15, 0.2) is 0 Å². The lowest BCUT2D eigenvalue weighted by Gasteiger charge is -2.36. The van der Waals surface area contributed by atoms with Crippen molar-refractivity contribution in [3.8, 4) is 0 Å². The minimum Gasteiger partial charge on any atom is -0.465 e. The van der Waals surface area contributed by atoms with Crippen molar-refractivity contribution < 1.29 is 14.7 Å². The quantitative estimate of drug-likeness (QED) is 0.771. The zero-order valence-corrected chi connectivity index (χ0v) is 11.7. The predicted octanol–water partition coefficient (Wildman–Crippen LogP) is 3.29. The Balaban J connectivity index is 1.75. The monoisotopic (exact) mass is 268 g/mol. The molecule has 2 rings (SSSR count). The molecular weight excluding hydrogens is 244 g/mol. The number of carboxylic acid groups (broad SMARTS) is 1. The summed E-state index contributed by atoms with van der Waals surface area (Å²) in [6, 6.07) is 0. The van der Waals surface area contributed by atoms with Gasteiger partial charge in [0.05, 0.1) is 5.71 Å². The molecule has 0 aromatic carbocycles. The average molecular weight is 268 g/mol. The lowest BCUT2D eigenvalue weighted by atomic mass is 9.82. The van der Waals surface area contributed by atoms with Crippen LogP contribution in [0.3, 0.4) is 0 Å². The van der Waals surface area contributed by atoms with Gasteiger partial charge in [-0.25, -0.2) is 4.79 Å². The van der Waals surface area contributed by atoms with Crippen LogP contribution in [0.1, 0.15) is 64.7 Å². The number of oxime groups is 1. The summed E-state index contributed by atoms with van der Waals surface area (Å²) < 4.78 is 0. The molecule has 5 nitrogen and oxygen atoms in total. The summed E-state index contributed by atoms with van der Waals surface area (Å²) >= 11 is 0. The van der Waals surface area contributed by atoms with Crippen LogP contribution in [0.2, 0.25) is 0 Å². The molecule has 2 N–H and O–H groups in total. The zero-order valence-electron chi connectivity index (χ0n) is 11.7. The fourth-order valence-electron chi connectivity index (χ4n) is 2.92. The molecule has 0 unspecified atom stereocenters. The first-order valence-corrected chi connectivity index (χ1v) is 7.30. The van der Waals surface area contributed by atoms with Crippen molar-refractivity contribution in [2.45, 2.75) is 76.4 Å². The molecule has 19 heavy (non-hydrogen) atoms. The number of hydrogen-bond acceptors (Lipinski definition) is 3. The van der Waals surface area contributed by atoms with Gasteiger partial charge in [0, 0.05) is 5.54 Å². The highest BCUT2D eigenvalue weighted by Gasteiger charge is 2.33. The lowest BCUT2D eigenvalue weighted by Crippen LogP contribution is -2.48. The van der Waals surface area contributed by atoms with E-state index >= 15 is 0 Å². The summed E-state index contributed by atoms with van der Waals surface area (Å²) in [5, 5.41) is 15.7. The molecule has 0 saturated heterocycles. The molecule has 2 aliphatic carbocycles. The molecule has 0 aliphatic heterocycles. The average Bonchev–Trinajstić information content (AvgIpc) is 2.38. The summed E-state index contributed by atoms with van der Waals surface area (Å²) in [4.78, 5) is 16.4. The maximum absolute atomic E-state index is 10.7. The molecule has 0 aromatic rings. The van der Waals surface area contributed by atoms with Gasteiger partial charge in [-0.3, -0.25) is 0 Å². The van der Waals surface area contributed by atoms with E-state index < -0.39 is 6.09 Å². The number of nitrogens with zero attached hydrogens (tertiary/aromatic N) is 1. The Bertz CT molecular complexity index is 339. The summed E-state index contributed by atoms with van der Waals surface area (Å²) in [6.45, 7) is 1.96. The summed E-state index contributed by atoms with van der Waals surface area (Å²) in [5.74, 6) is 0. The van der Waals surface area contributed by atoms with Crippen molar-refractivity contribution in [3.63, 3.8) is 0 Å². The van der Waals surface area contributed by atoms with Crippen LogP contribution >= 0.6 is 0 Å². The number of amides is 1. The summed E-state index contributed by atoms with van der Waals surface area (Å²) in [7, 11) is 0. The molecule has 0 atom stereocenters. The lowest BCUT2D eigenvalue weighted by molar-refractivity contribution is 0.0134. The fraction of sp³-hybridized carbons (Fsp3) is 0.857. The Morgan fingerprint density at radius 1 is 1.32 bits per heavy atom. The van der Waals surface area contributed by atoms with E-state index in [1.165, 1.54) is 25.0 Å². The number of hydrogen-bond donors (Lipinski definition) is 2. The van der Waals surface area contributed by atoms with Gasteiger partial charge in [-0.05, 0) is 58.3 Å². The minimum absolute atomic E-state index is 0.151. The second-order valence-corrected chi connectivity index (χ2v) is 6.01. The molecular formula is C14H24N2O3. The van der Waals surface area contributed by atoms with Gasteiger partial charge in [-0.15, -0.1) is 0 Å². The molecule has 108 valence electrons. The molecule has 5 heteroatoms. The number of rotatable bonds is 3. The van der Waals surface area contributed by atoms with Gasteiger partial charge < -0.3 is 15.3 Å². The van der Waals surface area contributed by atoms with Crippen molar-refractivity contribution >= 4 is 11.8 Å². The van der Waals surface area contributed by atoms with E-state index in [0.29, 0.717) is 0 Å². The third kappa shape index (κ3) is 4.40. The predicted molar refractivity (Wildman–Crippen MR) is 73.4 cm³/mol. The van der Waals surface area contributed by atoms with E-state index in [1.807, 2.05) is 6.92 Å². The fourth-order valence-corrected chi connectivity index (χ4v) is 2.92. The van der Waals surface area contributed by atoms with Crippen molar-refractivity contribution in [1.29, 1.82) is 0 Å². The SMILES string of the molecule is C[C@]1(NC(=O)O)CC[C@H](ON=C2CCCCC2)CC1. The van der Waals surface area contributed by atoms with Crippen LogP contribution in [0.5, 0.6) is 0 Å². The van der Waals surface area contributed by atoms with Gasteiger partial charge in [0.2, 0.25) is 0 Å². The first kappa shape index (κ1) is 14.2. The third-order valence-corrected chi connectivity index (χ3v) is 4.21. The summed E-state index contributed by atoms with van der Waals surface area (Å²) in [6.07, 6.45) is 8.49. The maximum Gasteiger partial charge on any atom is 0.405 e. The molecule has 2 fully saturated rings. The van der Waals surface area contributed by atoms with E-state index in [0.717, 1.165) is 38.5 Å². The second-order valence-electron chi connectivity index (χ2n) is 6.01. The van der Waals surface area contributed by atoms with Gasteiger partial charge in [-0.1, -0.05) is 11.6 Å². The topological polar surface area (TPSA) is 70.9 Å². The standard InChI is InChI=1S/C14H24N2O3/c1-14(15-13(17)18)9-7-12(8-10-14)19-16-11-5-3-2-4-6-11/h12,15H,2-10H2,1H3,(H,17,18)/t12-,14-. The maximum atomic E-state index is 10.7. The van der Waals surface area contributed by atoms with Crippen molar-refractivity contribution in [3.05, 3.63) is 0 Å². The van der Waals surface area contributed by atoms with Crippen LogP contribution < -0.4 is 5.32 Å². The normalized spacial score (nSPS) is 31.6. The first-order valence-electron chi connectivity index (χ1n) is 7.30. The Morgan fingerprint density at radius 2 is 1.95 bits per heavy atom. The van der Waals surface area contributed by atoms with Crippen molar-refractivity contribution in [2.75, 3.05) is 0 Å². The second kappa shape index (κ2) is 6.26. The molecule has 1 amide bonds. The van der Waals surface area contributed by atoms with Crippen LogP contribution in [0.4, 0.5) is 4.79 Å². The third-order valence-electron chi connectivity index (χ3n) is 4.21. The highest BCUT2D eigenvalue weighted by molar-refractivity contribution is 5.84. The van der Waals surface area contributed by atoms with Crippen LogP contribution in [0.25, 0.3) is 0 Å². The molecule has 0 spiro atoms. The van der Waals surface area contributed by atoms with Crippen LogP contribution in [0.15, 0.2) is 5.16 Å². The van der Waals surface area contributed by atoms with E-state index in [1.54, 1.807) is 0 Å². The first-order chi connectivity index (χ1) is 9.07. The van der Waals surface area contributed by atoms with Gasteiger partial charge in [0.1, 0.15) is 6.10 Å². The van der Waals surface area contributed by atoms with E-state index in [2.05, 4.69) is 10.5 Å². The van der Waals surface area contributed by atoms with Crippen LogP contribution in [-0.2, 0) is 4.84 Å². The minimum atomic E-state index is -0.940. The van der Waals surface area contributed by atoms with Gasteiger partial charge in [0.25, 0.3) is 0 Å². The smallest absolute Gasteiger partial charge is 0.405 e. The van der Waals surface area contributed by atoms with Crippen LogP contribution in [0, 0.1) is 0 Å². The molecule has 0 heterocycles. The van der Waals surface area contributed by atoms with E-state index in [-0.39, 0.29) is 11.6 Å². The zero-order chi connectivity index (χ0) is 13.7. The van der Waals surface area contributed by atoms with Gasteiger partial charge in [-0.2, -0.15) is 0 Å². The summed E-state index contributed by atoms with van der Waals surface area (Å²) in [5.41, 5.74) is 0.896. The van der Waals surface area contributed by atoms with Crippen molar-refractivity contribution in [2.24, 2.45) is 5.16 Å². The highest BCUT2D eigenvalue weighted by atomic mass is 16.6. The number of carbonyl (C=O) groups is 1. The highest BCUT2D eigenvalue weighted by Crippen LogP contribution is 2.30.